The number of hydrogen-bond donors (Lipinski definition) is 1. The Morgan fingerprint density at radius 3 is 2.87 bits per heavy atom. The molecule has 0 aliphatic heterocycles. The molecule has 0 aromatic carbocycles. The number of rotatable bonds is 2. The molecule has 6 heteroatoms. The third-order valence-electron chi connectivity index (χ3n) is 1.72. The van der Waals surface area contributed by atoms with Gasteiger partial charge in [-0.05, 0) is 22.0 Å². The van der Waals surface area contributed by atoms with Gasteiger partial charge in [-0.15, -0.1) is 5.10 Å². The Bertz CT molecular complexity index is 483. The van der Waals surface area contributed by atoms with Gasteiger partial charge in [0.05, 0.1) is 12.4 Å². The van der Waals surface area contributed by atoms with E-state index in [4.69, 9.17) is 10.5 Å². The van der Waals surface area contributed by atoms with Gasteiger partial charge in [-0.3, -0.25) is 9.67 Å². The Morgan fingerprint density at radius 1 is 1.47 bits per heavy atom. The van der Waals surface area contributed by atoms with Gasteiger partial charge in [0.1, 0.15) is 11.4 Å². The summed E-state index contributed by atoms with van der Waals surface area (Å²) < 4.78 is 7.90. The minimum atomic E-state index is 0.386. The number of aromatic nitrogens is 3. The van der Waals surface area contributed by atoms with E-state index >= 15 is 0 Å². The molecule has 0 fully saturated rings. The van der Waals surface area contributed by atoms with Crippen molar-refractivity contribution in [2.75, 3.05) is 5.73 Å². The summed E-state index contributed by atoms with van der Waals surface area (Å²) in [5.74, 6) is 0.979. The first-order valence-corrected chi connectivity index (χ1v) is 5.02. The number of nitrogens with zero attached hydrogens (tertiary/aromatic N) is 3. The fourth-order valence-corrected chi connectivity index (χ4v) is 1.47. The van der Waals surface area contributed by atoms with E-state index in [-0.39, 0.29) is 0 Å². The molecule has 0 atom stereocenters. The van der Waals surface area contributed by atoms with E-state index in [2.05, 4.69) is 26.0 Å². The molecule has 0 unspecified atom stereocenters. The van der Waals surface area contributed by atoms with Crippen molar-refractivity contribution in [1.82, 2.24) is 14.8 Å². The summed E-state index contributed by atoms with van der Waals surface area (Å²) in [7, 11) is 1.78. The Morgan fingerprint density at radius 2 is 2.27 bits per heavy atom. The zero-order valence-electron chi connectivity index (χ0n) is 8.01. The van der Waals surface area contributed by atoms with Crippen molar-refractivity contribution in [3.63, 3.8) is 0 Å². The van der Waals surface area contributed by atoms with E-state index in [1.54, 1.807) is 36.4 Å². The molecule has 0 aliphatic carbocycles. The highest BCUT2D eigenvalue weighted by molar-refractivity contribution is 9.10. The maximum Gasteiger partial charge on any atom is 0.261 e. The highest BCUT2D eigenvalue weighted by atomic mass is 79.9. The molecule has 2 aromatic heterocycles. The molecule has 0 amide bonds. The van der Waals surface area contributed by atoms with Gasteiger partial charge in [-0.2, -0.15) is 0 Å². The molecule has 2 aromatic rings. The summed E-state index contributed by atoms with van der Waals surface area (Å²) in [5.41, 5.74) is 6.18. The second kappa shape index (κ2) is 3.90. The minimum absolute atomic E-state index is 0.386. The predicted octanol–water partition coefficient (Wildman–Crippen LogP) is 1.95. The Balaban J connectivity index is 2.25. The molecule has 0 radical (unpaired) electrons. The first-order chi connectivity index (χ1) is 7.15. The molecular formula is C9H9BrN4O. The molecule has 0 bridgehead atoms. The van der Waals surface area contributed by atoms with Crippen LogP contribution in [0.4, 0.5) is 5.69 Å². The molecule has 0 saturated carbocycles. The van der Waals surface area contributed by atoms with Crippen molar-refractivity contribution >= 4 is 21.6 Å². The van der Waals surface area contributed by atoms with Crippen LogP contribution < -0.4 is 10.5 Å². The number of hydrogen-bond acceptors (Lipinski definition) is 4. The average Bonchev–Trinajstić information content (AvgIpc) is 2.45. The van der Waals surface area contributed by atoms with Gasteiger partial charge in [-0.25, -0.2) is 0 Å². The normalized spacial score (nSPS) is 10.3. The monoisotopic (exact) mass is 268 g/mol. The van der Waals surface area contributed by atoms with Gasteiger partial charge in [-0.1, -0.05) is 0 Å². The third kappa shape index (κ3) is 2.27. The van der Waals surface area contributed by atoms with Crippen LogP contribution in [0.3, 0.4) is 0 Å². The van der Waals surface area contributed by atoms with Crippen LogP contribution in [-0.4, -0.2) is 14.8 Å². The molecular weight excluding hydrogens is 260 g/mol. The second-order valence-electron chi connectivity index (χ2n) is 3.00. The summed E-state index contributed by atoms with van der Waals surface area (Å²) in [4.78, 5) is 3.97. The molecule has 78 valence electrons. The lowest BCUT2D eigenvalue weighted by Crippen LogP contribution is -1.91. The first-order valence-electron chi connectivity index (χ1n) is 4.22. The Kier molecular flexibility index (Phi) is 2.59. The lowest BCUT2D eigenvalue weighted by molar-refractivity contribution is 0.453. The maximum atomic E-state index is 5.69. The van der Waals surface area contributed by atoms with Crippen LogP contribution >= 0.6 is 15.9 Å². The van der Waals surface area contributed by atoms with Crippen LogP contribution in [-0.2, 0) is 7.05 Å². The number of aryl methyl sites for hydroxylation is 1. The lowest BCUT2D eigenvalue weighted by Gasteiger charge is -2.02. The van der Waals surface area contributed by atoms with Crippen LogP contribution in [0.25, 0.3) is 0 Å². The van der Waals surface area contributed by atoms with Crippen molar-refractivity contribution in [2.24, 2.45) is 7.05 Å². The van der Waals surface area contributed by atoms with E-state index in [0.29, 0.717) is 17.3 Å². The first kappa shape index (κ1) is 9.97. The van der Waals surface area contributed by atoms with Gasteiger partial charge >= 0.3 is 0 Å². The van der Waals surface area contributed by atoms with Gasteiger partial charge in [0.2, 0.25) is 0 Å². The highest BCUT2D eigenvalue weighted by Crippen LogP contribution is 2.25. The Hall–Kier alpha value is -1.56. The number of ether oxygens (including phenoxy) is 1. The largest absolute Gasteiger partial charge is 0.434 e. The van der Waals surface area contributed by atoms with E-state index in [1.165, 1.54) is 0 Å². The van der Waals surface area contributed by atoms with Crippen molar-refractivity contribution < 1.29 is 4.74 Å². The van der Waals surface area contributed by atoms with Crippen LogP contribution in [0, 0.1) is 0 Å². The molecule has 0 saturated heterocycles. The number of halogens is 1. The van der Waals surface area contributed by atoms with Gasteiger partial charge < -0.3 is 10.5 Å². The predicted molar refractivity (Wildman–Crippen MR) is 59.6 cm³/mol. The van der Waals surface area contributed by atoms with Gasteiger partial charge in [0, 0.05) is 17.7 Å². The van der Waals surface area contributed by atoms with E-state index in [9.17, 15) is 0 Å². The van der Waals surface area contributed by atoms with Gasteiger partial charge in [0.15, 0.2) is 0 Å². The van der Waals surface area contributed by atoms with E-state index in [1.807, 2.05) is 0 Å². The standard InChI is InChI=1S/C9H9BrN4O/c1-14-5-8(11)9(13-14)15-7-2-6(10)3-12-4-7/h2-5H,11H2,1H3. The number of anilines is 1. The maximum absolute atomic E-state index is 5.69. The molecule has 5 nitrogen and oxygen atoms in total. The molecule has 2 heterocycles. The quantitative estimate of drug-likeness (QED) is 0.904. The minimum Gasteiger partial charge on any atom is -0.434 e. The van der Waals surface area contributed by atoms with Crippen molar-refractivity contribution in [1.29, 1.82) is 0 Å². The number of nitrogens with two attached hydrogens (primary N) is 1. The van der Waals surface area contributed by atoms with Crippen molar-refractivity contribution in [3.05, 3.63) is 29.1 Å². The summed E-state index contributed by atoms with van der Waals surface area (Å²) in [6.45, 7) is 0. The Labute approximate surface area is 95.0 Å². The van der Waals surface area contributed by atoms with E-state index in [0.717, 1.165) is 4.47 Å². The molecule has 2 N–H and O–H groups in total. The van der Waals surface area contributed by atoms with Crippen LogP contribution in [0.15, 0.2) is 29.1 Å². The van der Waals surface area contributed by atoms with Crippen LogP contribution in [0.1, 0.15) is 0 Å². The van der Waals surface area contributed by atoms with E-state index < -0.39 is 0 Å². The summed E-state index contributed by atoms with van der Waals surface area (Å²) in [6.07, 6.45) is 4.95. The molecule has 0 aliphatic rings. The summed E-state index contributed by atoms with van der Waals surface area (Å²) in [6, 6.07) is 1.79. The lowest BCUT2D eigenvalue weighted by atomic mass is 10.4. The third-order valence-corrected chi connectivity index (χ3v) is 2.15. The fourth-order valence-electron chi connectivity index (χ4n) is 1.13. The molecule has 0 spiro atoms. The molecule has 2 rings (SSSR count). The highest BCUT2D eigenvalue weighted by Gasteiger charge is 2.06. The molecule has 15 heavy (non-hydrogen) atoms. The fraction of sp³-hybridized carbons (Fsp3) is 0.111. The SMILES string of the molecule is Cn1cc(N)c(Oc2cncc(Br)c2)n1. The number of pyridine rings is 1. The topological polar surface area (TPSA) is 66.0 Å². The average molecular weight is 269 g/mol. The van der Waals surface area contributed by atoms with Crippen molar-refractivity contribution in [2.45, 2.75) is 0 Å². The van der Waals surface area contributed by atoms with Crippen molar-refractivity contribution in [3.8, 4) is 11.6 Å². The van der Waals surface area contributed by atoms with Crippen LogP contribution in [0.2, 0.25) is 0 Å². The van der Waals surface area contributed by atoms with Crippen LogP contribution in [0.5, 0.6) is 11.6 Å². The summed E-state index contributed by atoms with van der Waals surface area (Å²) in [5, 5.41) is 4.06. The van der Waals surface area contributed by atoms with Gasteiger partial charge in [0.25, 0.3) is 5.88 Å². The summed E-state index contributed by atoms with van der Waals surface area (Å²) >= 11 is 3.30. The zero-order chi connectivity index (χ0) is 10.8. The number of nitrogen functional groups attached to an aromatic ring is 1. The smallest absolute Gasteiger partial charge is 0.261 e. The second-order valence-corrected chi connectivity index (χ2v) is 3.92. The zero-order valence-corrected chi connectivity index (χ0v) is 9.60.